The fourth-order valence-corrected chi connectivity index (χ4v) is 6.71. The van der Waals surface area contributed by atoms with Crippen molar-refractivity contribution in [2.75, 3.05) is 26.4 Å². The minimum Gasteiger partial charge on any atom is -0.305 e. The van der Waals surface area contributed by atoms with Crippen molar-refractivity contribution in [2.24, 2.45) is 0 Å². The summed E-state index contributed by atoms with van der Waals surface area (Å²) in [6.07, 6.45) is 1.32. The Morgan fingerprint density at radius 2 is 1.26 bits per heavy atom. The maximum absolute atomic E-state index is 13.3. The highest BCUT2D eigenvalue weighted by atomic mass is 31.2. The summed E-state index contributed by atoms with van der Waals surface area (Å²) in [5.41, 5.74) is 0.305. The van der Waals surface area contributed by atoms with Crippen molar-refractivity contribution in [3.63, 3.8) is 0 Å². The molecule has 0 amide bonds. The quantitative estimate of drug-likeness (QED) is 0.249. The Labute approximate surface area is 158 Å². The van der Waals surface area contributed by atoms with Gasteiger partial charge in [0.2, 0.25) is 0 Å². The molecule has 0 aliphatic rings. The van der Waals surface area contributed by atoms with Crippen molar-refractivity contribution in [1.29, 1.82) is 0 Å². The van der Waals surface area contributed by atoms with Gasteiger partial charge in [0, 0.05) is 12.1 Å². The number of nitrogens with zero attached hydrogens (tertiary/aromatic N) is 1. The Hall–Kier alpha value is -1.34. The summed E-state index contributed by atoms with van der Waals surface area (Å²) < 4.78 is 48.0. The van der Waals surface area contributed by atoms with Crippen LogP contribution in [0.3, 0.4) is 0 Å². The maximum atomic E-state index is 13.3. The van der Waals surface area contributed by atoms with Gasteiger partial charge >= 0.3 is 15.2 Å². The molecule has 0 N–H and O–H groups in total. The Morgan fingerprint density at radius 1 is 0.889 bits per heavy atom. The van der Waals surface area contributed by atoms with E-state index >= 15 is 0 Å². The molecular formula is C16H25NO8P2. The SMILES string of the molecule is CCOP(=O)(OCC)C(=Cc1ccc([N+](=O)[O-])cc1)P(=O)(OCC)OCC. The lowest BCUT2D eigenvalue weighted by molar-refractivity contribution is -0.384. The Bertz CT molecular complexity index is 695. The molecule has 0 spiro atoms. The van der Waals surface area contributed by atoms with Crippen LogP contribution in [-0.2, 0) is 27.2 Å². The van der Waals surface area contributed by atoms with E-state index in [1.165, 1.54) is 30.3 Å². The van der Waals surface area contributed by atoms with Gasteiger partial charge in [-0.2, -0.15) is 0 Å². The van der Waals surface area contributed by atoms with E-state index in [1.54, 1.807) is 27.7 Å². The highest BCUT2D eigenvalue weighted by Gasteiger charge is 2.45. The molecule has 1 aromatic carbocycles. The van der Waals surface area contributed by atoms with Crippen LogP contribution in [0.25, 0.3) is 6.08 Å². The molecule has 152 valence electrons. The number of non-ortho nitro benzene ring substituents is 1. The zero-order valence-corrected chi connectivity index (χ0v) is 17.6. The third-order valence-electron chi connectivity index (χ3n) is 3.16. The Morgan fingerprint density at radius 3 is 1.56 bits per heavy atom. The Balaban J connectivity index is 3.58. The third-order valence-corrected chi connectivity index (χ3v) is 8.40. The first-order valence-corrected chi connectivity index (χ1v) is 11.6. The molecule has 0 fully saturated rings. The van der Waals surface area contributed by atoms with E-state index in [0.29, 0.717) is 5.56 Å². The fourth-order valence-electron chi connectivity index (χ4n) is 2.17. The average Bonchev–Trinajstić information content (AvgIpc) is 2.60. The summed E-state index contributed by atoms with van der Waals surface area (Å²) >= 11 is 0. The van der Waals surface area contributed by atoms with Gasteiger partial charge in [0.15, 0.2) is 5.06 Å². The molecule has 0 aliphatic carbocycles. The molecule has 9 nitrogen and oxygen atoms in total. The molecule has 0 bridgehead atoms. The molecule has 11 heteroatoms. The molecule has 27 heavy (non-hydrogen) atoms. The predicted molar refractivity (Wildman–Crippen MR) is 103 cm³/mol. The fraction of sp³-hybridized carbons (Fsp3) is 0.500. The van der Waals surface area contributed by atoms with Crippen molar-refractivity contribution in [3.05, 3.63) is 45.0 Å². The second-order valence-corrected chi connectivity index (χ2v) is 9.36. The van der Waals surface area contributed by atoms with Crippen LogP contribution >= 0.6 is 15.2 Å². The summed E-state index contributed by atoms with van der Waals surface area (Å²) in [5, 5.41) is 10.6. The van der Waals surface area contributed by atoms with E-state index in [9.17, 15) is 19.2 Å². The third kappa shape index (κ3) is 6.35. The minimum absolute atomic E-state index is 0.0487. The van der Waals surface area contributed by atoms with E-state index < -0.39 is 20.1 Å². The number of hydrogen-bond acceptors (Lipinski definition) is 8. The van der Waals surface area contributed by atoms with E-state index in [1.807, 2.05) is 0 Å². The summed E-state index contributed by atoms with van der Waals surface area (Å²) in [4.78, 5) is 10.3. The van der Waals surface area contributed by atoms with Crippen LogP contribution in [0.5, 0.6) is 0 Å². The van der Waals surface area contributed by atoms with E-state index in [4.69, 9.17) is 18.1 Å². The van der Waals surface area contributed by atoms with Crippen molar-refractivity contribution in [2.45, 2.75) is 27.7 Å². The first-order chi connectivity index (χ1) is 12.8. The predicted octanol–water partition coefficient (Wildman–Crippen LogP) is 5.43. The van der Waals surface area contributed by atoms with Crippen LogP contribution in [0.2, 0.25) is 0 Å². The molecule has 1 rings (SSSR count). The molecule has 0 saturated carbocycles. The average molecular weight is 421 g/mol. The van der Waals surface area contributed by atoms with Crippen molar-refractivity contribution in [1.82, 2.24) is 0 Å². The summed E-state index contributed by atoms with van der Waals surface area (Å²) in [6.45, 7) is 6.70. The zero-order valence-electron chi connectivity index (χ0n) is 15.8. The lowest BCUT2D eigenvalue weighted by Gasteiger charge is -2.25. The van der Waals surface area contributed by atoms with E-state index in [-0.39, 0.29) is 37.2 Å². The van der Waals surface area contributed by atoms with Gasteiger partial charge < -0.3 is 18.1 Å². The van der Waals surface area contributed by atoms with Gasteiger partial charge in [-0.1, -0.05) is 0 Å². The van der Waals surface area contributed by atoms with Gasteiger partial charge in [0.25, 0.3) is 5.69 Å². The van der Waals surface area contributed by atoms with Crippen LogP contribution in [0.4, 0.5) is 5.69 Å². The lowest BCUT2D eigenvalue weighted by atomic mass is 10.2. The maximum Gasteiger partial charge on any atom is 0.369 e. The number of nitro groups is 1. The topological polar surface area (TPSA) is 114 Å². The molecule has 0 heterocycles. The van der Waals surface area contributed by atoms with Gasteiger partial charge in [0.05, 0.1) is 31.4 Å². The molecule has 0 unspecified atom stereocenters. The number of nitro benzene ring substituents is 1. The first-order valence-electron chi connectivity index (χ1n) is 8.51. The highest BCUT2D eigenvalue weighted by molar-refractivity contribution is 7.79. The van der Waals surface area contributed by atoms with Crippen molar-refractivity contribution < 1.29 is 32.1 Å². The van der Waals surface area contributed by atoms with Crippen molar-refractivity contribution >= 4 is 27.0 Å². The largest absolute Gasteiger partial charge is 0.369 e. The van der Waals surface area contributed by atoms with Crippen LogP contribution in [0, 0.1) is 10.1 Å². The van der Waals surface area contributed by atoms with Gasteiger partial charge in [-0.15, -0.1) is 0 Å². The molecule has 0 aromatic heterocycles. The number of rotatable bonds is 12. The van der Waals surface area contributed by atoms with Gasteiger partial charge in [-0.3, -0.25) is 19.2 Å². The van der Waals surface area contributed by atoms with Crippen molar-refractivity contribution in [3.8, 4) is 0 Å². The van der Waals surface area contributed by atoms with E-state index in [0.717, 1.165) is 0 Å². The Kier molecular flexibility index (Phi) is 9.53. The van der Waals surface area contributed by atoms with Crippen LogP contribution in [0.1, 0.15) is 33.3 Å². The second-order valence-electron chi connectivity index (χ2n) is 5.02. The monoisotopic (exact) mass is 421 g/mol. The van der Waals surface area contributed by atoms with Crippen LogP contribution in [0.15, 0.2) is 29.3 Å². The molecule has 0 radical (unpaired) electrons. The first kappa shape index (κ1) is 23.7. The summed E-state index contributed by atoms with van der Waals surface area (Å²) in [5.74, 6) is 0. The van der Waals surface area contributed by atoms with Crippen LogP contribution < -0.4 is 0 Å². The highest BCUT2D eigenvalue weighted by Crippen LogP contribution is 2.74. The molecular weight excluding hydrogens is 396 g/mol. The zero-order chi connectivity index (χ0) is 20.5. The molecule has 0 saturated heterocycles. The lowest BCUT2D eigenvalue weighted by Crippen LogP contribution is -2.05. The van der Waals surface area contributed by atoms with Gasteiger partial charge in [-0.05, 0) is 51.5 Å². The number of benzene rings is 1. The van der Waals surface area contributed by atoms with E-state index in [2.05, 4.69) is 0 Å². The van der Waals surface area contributed by atoms with Gasteiger partial charge in [-0.25, -0.2) is 0 Å². The molecule has 0 atom stereocenters. The number of hydrogen-bond donors (Lipinski definition) is 0. The smallest absolute Gasteiger partial charge is 0.305 e. The molecule has 0 aliphatic heterocycles. The summed E-state index contributed by atoms with van der Waals surface area (Å²) in [7, 11) is -7.99. The second kappa shape index (κ2) is 10.9. The molecule has 1 aromatic rings. The minimum atomic E-state index is -3.99. The van der Waals surface area contributed by atoms with Gasteiger partial charge in [0.1, 0.15) is 0 Å². The van der Waals surface area contributed by atoms with Crippen LogP contribution in [-0.4, -0.2) is 31.4 Å². The normalized spacial score (nSPS) is 12.0. The standard InChI is InChI=1S/C16H25NO8P2/c1-5-22-26(20,23-6-2)16(27(21,24-7-3)25-8-4)13-14-9-11-15(12-10-14)17(18)19/h9-13H,5-8H2,1-4H3. The summed E-state index contributed by atoms with van der Waals surface area (Å²) in [6, 6.07) is 5.43.